The van der Waals surface area contributed by atoms with Gasteiger partial charge in [0.1, 0.15) is 10.8 Å². The molecule has 0 amide bonds. The van der Waals surface area contributed by atoms with Crippen LogP contribution in [0.4, 0.5) is 29.3 Å². The van der Waals surface area contributed by atoms with Crippen LogP contribution in [0.5, 0.6) is 0 Å². The Bertz CT molecular complexity index is 904. The van der Waals surface area contributed by atoms with Crippen LogP contribution in [0.1, 0.15) is 11.1 Å². The molecule has 12 heteroatoms. The minimum Gasteiger partial charge on any atom is -0.403 e. The predicted octanol–water partition coefficient (Wildman–Crippen LogP) is 3.18. The minimum atomic E-state index is -4.63. The molecule has 156 valence electrons. The van der Waals surface area contributed by atoms with Crippen molar-refractivity contribution in [2.75, 3.05) is 23.8 Å². The molecule has 0 bridgehead atoms. The molecule has 0 radical (unpaired) electrons. The van der Waals surface area contributed by atoms with Gasteiger partial charge in [0.05, 0.1) is 30.6 Å². The van der Waals surface area contributed by atoms with Crippen LogP contribution in [-0.2, 0) is 12.7 Å². The van der Waals surface area contributed by atoms with E-state index in [1.807, 2.05) is 0 Å². The molecule has 2 aromatic rings. The van der Waals surface area contributed by atoms with Gasteiger partial charge in [-0.2, -0.15) is 18.2 Å². The highest BCUT2D eigenvalue weighted by molar-refractivity contribution is 6.32. The maximum Gasteiger partial charge on any atom is 0.416 e. The summed E-state index contributed by atoms with van der Waals surface area (Å²) >= 11 is 6.01. The SMILES string of the molecule is NC=C(C=NCCO)Nc1ncc(Cl)c(NCc2ccc(C(F)(F)F)cc2F)n1. The molecule has 1 heterocycles. The highest BCUT2D eigenvalue weighted by Crippen LogP contribution is 2.30. The highest BCUT2D eigenvalue weighted by atomic mass is 35.5. The fourth-order valence-corrected chi connectivity index (χ4v) is 2.22. The Morgan fingerprint density at radius 2 is 2.10 bits per heavy atom. The third-order valence-electron chi connectivity index (χ3n) is 3.47. The van der Waals surface area contributed by atoms with Gasteiger partial charge in [0, 0.05) is 24.5 Å². The minimum absolute atomic E-state index is 0.000804. The largest absolute Gasteiger partial charge is 0.416 e. The Balaban J connectivity index is 2.11. The molecule has 1 aromatic carbocycles. The number of aliphatic imine (C=N–C) groups is 1. The molecule has 0 aliphatic heterocycles. The first-order chi connectivity index (χ1) is 13.7. The number of nitrogens with one attached hydrogen (secondary N) is 2. The average Bonchev–Trinajstić information content (AvgIpc) is 2.67. The van der Waals surface area contributed by atoms with Gasteiger partial charge in [0.25, 0.3) is 0 Å². The Kier molecular flexibility index (Phi) is 7.74. The van der Waals surface area contributed by atoms with E-state index < -0.39 is 17.6 Å². The van der Waals surface area contributed by atoms with E-state index in [4.69, 9.17) is 22.4 Å². The molecule has 5 N–H and O–H groups in total. The molecule has 7 nitrogen and oxygen atoms in total. The maximum atomic E-state index is 14.0. The number of halogens is 5. The summed E-state index contributed by atoms with van der Waals surface area (Å²) in [6.45, 7) is -0.0932. The normalized spacial score (nSPS) is 12.4. The van der Waals surface area contributed by atoms with Crippen LogP contribution in [0.15, 0.2) is 41.3 Å². The number of anilines is 2. The zero-order chi connectivity index (χ0) is 21.4. The lowest BCUT2D eigenvalue weighted by Gasteiger charge is -2.12. The molecule has 2 rings (SSSR count). The lowest BCUT2D eigenvalue weighted by Crippen LogP contribution is -2.11. The molecule has 0 spiro atoms. The second-order valence-corrected chi connectivity index (χ2v) is 5.96. The van der Waals surface area contributed by atoms with Crippen molar-refractivity contribution in [3.05, 3.63) is 58.3 Å². The number of allylic oxidation sites excluding steroid dienone is 1. The number of hydrogen-bond donors (Lipinski definition) is 4. The Morgan fingerprint density at radius 1 is 1.34 bits per heavy atom. The van der Waals surface area contributed by atoms with Gasteiger partial charge in [-0.05, 0) is 12.1 Å². The number of benzene rings is 1. The number of nitrogens with two attached hydrogens (primary N) is 1. The summed E-state index contributed by atoms with van der Waals surface area (Å²) in [5.41, 5.74) is 4.74. The predicted molar refractivity (Wildman–Crippen MR) is 102 cm³/mol. The van der Waals surface area contributed by atoms with Crippen LogP contribution in [0.25, 0.3) is 0 Å². The summed E-state index contributed by atoms with van der Waals surface area (Å²) < 4.78 is 51.8. The summed E-state index contributed by atoms with van der Waals surface area (Å²) in [4.78, 5) is 12.0. The summed E-state index contributed by atoms with van der Waals surface area (Å²) in [7, 11) is 0. The monoisotopic (exact) mass is 432 g/mol. The number of alkyl halides is 3. The van der Waals surface area contributed by atoms with Crippen LogP contribution in [0.3, 0.4) is 0 Å². The van der Waals surface area contributed by atoms with Crippen LogP contribution in [0.2, 0.25) is 5.02 Å². The first-order valence-corrected chi connectivity index (χ1v) is 8.54. The lowest BCUT2D eigenvalue weighted by molar-refractivity contribution is -0.137. The molecular formula is C17H17ClF4N6O. The van der Waals surface area contributed by atoms with E-state index in [0.717, 1.165) is 12.1 Å². The van der Waals surface area contributed by atoms with E-state index in [0.29, 0.717) is 11.8 Å². The van der Waals surface area contributed by atoms with Crippen LogP contribution in [-0.4, -0.2) is 34.4 Å². The van der Waals surface area contributed by atoms with Crippen molar-refractivity contribution in [2.45, 2.75) is 12.7 Å². The summed E-state index contributed by atoms with van der Waals surface area (Å²) in [5, 5.41) is 14.4. The average molecular weight is 433 g/mol. The van der Waals surface area contributed by atoms with Crippen molar-refractivity contribution < 1.29 is 22.7 Å². The fourth-order valence-electron chi connectivity index (χ4n) is 2.06. The smallest absolute Gasteiger partial charge is 0.403 e. The first kappa shape index (κ1) is 22.4. The molecule has 0 atom stereocenters. The second kappa shape index (κ2) is 10.0. The fraction of sp³-hybridized carbons (Fsp3) is 0.235. The molecular weight excluding hydrogens is 416 g/mol. The van der Waals surface area contributed by atoms with E-state index in [2.05, 4.69) is 25.6 Å². The van der Waals surface area contributed by atoms with E-state index in [1.165, 1.54) is 18.6 Å². The van der Waals surface area contributed by atoms with E-state index >= 15 is 0 Å². The van der Waals surface area contributed by atoms with Gasteiger partial charge < -0.3 is 21.5 Å². The van der Waals surface area contributed by atoms with Gasteiger partial charge in [-0.15, -0.1) is 0 Å². The quantitative estimate of drug-likeness (QED) is 0.377. The number of hydrogen-bond acceptors (Lipinski definition) is 7. The van der Waals surface area contributed by atoms with Crippen molar-refractivity contribution in [3.8, 4) is 0 Å². The summed E-state index contributed by atoms with van der Waals surface area (Å²) in [6.07, 6.45) is -0.762. The summed E-state index contributed by atoms with van der Waals surface area (Å²) in [5.74, 6) is -0.784. The number of nitrogens with zero attached hydrogens (tertiary/aromatic N) is 3. The number of rotatable bonds is 8. The molecule has 0 saturated heterocycles. The van der Waals surface area contributed by atoms with E-state index in [-0.39, 0.29) is 42.0 Å². The van der Waals surface area contributed by atoms with Crippen molar-refractivity contribution in [1.29, 1.82) is 0 Å². The van der Waals surface area contributed by atoms with Crippen LogP contribution in [0, 0.1) is 5.82 Å². The van der Waals surface area contributed by atoms with Gasteiger partial charge >= 0.3 is 6.18 Å². The zero-order valence-corrected chi connectivity index (χ0v) is 15.6. The number of aromatic nitrogens is 2. The second-order valence-electron chi connectivity index (χ2n) is 5.55. The van der Waals surface area contributed by atoms with Gasteiger partial charge in [-0.1, -0.05) is 17.7 Å². The molecule has 0 aliphatic rings. The Hall–Kier alpha value is -2.92. The zero-order valence-electron chi connectivity index (χ0n) is 14.8. The molecule has 0 fully saturated rings. The van der Waals surface area contributed by atoms with E-state index in [9.17, 15) is 17.6 Å². The van der Waals surface area contributed by atoms with Crippen molar-refractivity contribution in [1.82, 2.24) is 9.97 Å². The van der Waals surface area contributed by atoms with Crippen molar-refractivity contribution in [3.63, 3.8) is 0 Å². The van der Waals surface area contributed by atoms with E-state index in [1.54, 1.807) is 0 Å². The number of aliphatic hydroxyl groups is 1. The Labute approximate surface area is 168 Å². The maximum absolute atomic E-state index is 14.0. The molecule has 0 saturated carbocycles. The third kappa shape index (κ3) is 6.57. The molecule has 0 aliphatic carbocycles. The molecule has 0 unspecified atom stereocenters. The van der Waals surface area contributed by atoms with Gasteiger partial charge in [-0.25, -0.2) is 9.37 Å². The Morgan fingerprint density at radius 3 is 2.72 bits per heavy atom. The third-order valence-corrected chi connectivity index (χ3v) is 3.74. The van der Waals surface area contributed by atoms with Crippen LogP contribution < -0.4 is 16.4 Å². The van der Waals surface area contributed by atoms with Crippen molar-refractivity contribution in [2.24, 2.45) is 10.7 Å². The van der Waals surface area contributed by atoms with Gasteiger partial charge in [0.15, 0.2) is 5.82 Å². The topological polar surface area (TPSA) is 108 Å². The standard InChI is InChI=1S/C17H17ClF4N6O/c18-13-9-26-16(27-12(6-23)8-24-3-4-29)28-15(13)25-7-10-1-2-11(5-14(10)19)17(20,21)22/h1-2,5-6,8-9,29H,3-4,7,23H2,(H2,25,26,27,28). The number of aliphatic hydroxyl groups excluding tert-OH is 1. The molecule has 1 aromatic heterocycles. The first-order valence-electron chi connectivity index (χ1n) is 8.16. The van der Waals surface area contributed by atoms with Crippen molar-refractivity contribution >= 4 is 29.6 Å². The highest BCUT2D eigenvalue weighted by Gasteiger charge is 2.31. The van der Waals surface area contributed by atoms with Crippen LogP contribution >= 0.6 is 11.6 Å². The van der Waals surface area contributed by atoms with Gasteiger partial charge in [-0.3, -0.25) is 4.99 Å². The van der Waals surface area contributed by atoms with Gasteiger partial charge in [0.2, 0.25) is 5.95 Å². The lowest BCUT2D eigenvalue weighted by atomic mass is 10.1. The summed E-state index contributed by atoms with van der Waals surface area (Å²) in [6, 6.07) is 2.25. The molecule has 29 heavy (non-hydrogen) atoms.